The third-order valence-electron chi connectivity index (χ3n) is 5.31. The van der Waals surface area contributed by atoms with Crippen LogP contribution in [0.25, 0.3) is 5.65 Å². The molecule has 9 heteroatoms. The molecule has 2 fully saturated rings. The Bertz CT molecular complexity index is 1050. The van der Waals surface area contributed by atoms with Gasteiger partial charge in [-0.3, -0.25) is 14.6 Å². The fraction of sp³-hybridized carbons (Fsp3) is 0.350. The first kappa shape index (κ1) is 17.7. The maximum absolute atomic E-state index is 13.1. The number of rotatable bonds is 5. The van der Waals surface area contributed by atoms with Gasteiger partial charge in [-0.1, -0.05) is 12.1 Å². The summed E-state index contributed by atoms with van der Waals surface area (Å²) in [6, 6.07) is 8.96. The van der Waals surface area contributed by atoms with Crippen LogP contribution in [0.3, 0.4) is 0 Å². The van der Waals surface area contributed by atoms with Crippen molar-refractivity contribution in [2.24, 2.45) is 0 Å². The lowest BCUT2D eigenvalue weighted by molar-refractivity contribution is -0.165. The molecule has 0 unspecified atom stereocenters. The van der Waals surface area contributed by atoms with Crippen molar-refractivity contribution in [2.75, 3.05) is 6.61 Å². The number of carbonyl (C=O) groups excluding carboxylic acids is 2. The van der Waals surface area contributed by atoms with Crippen LogP contribution < -0.4 is 5.32 Å². The van der Waals surface area contributed by atoms with Crippen LogP contribution in [-0.2, 0) is 20.9 Å². The second kappa shape index (κ2) is 7.25. The van der Waals surface area contributed by atoms with Crippen molar-refractivity contribution >= 4 is 17.5 Å². The summed E-state index contributed by atoms with van der Waals surface area (Å²) < 4.78 is 7.40. The number of pyridine rings is 2. The number of amides is 2. The SMILES string of the molecule is O=C(NCc1cccc2ncnn12)[C@H]1OCC(=O)N(C2CC2)[C@@H]1c1cccnc1. The van der Waals surface area contributed by atoms with Crippen molar-refractivity contribution in [1.29, 1.82) is 0 Å². The van der Waals surface area contributed by atoms with E-state index in [4.69, 9.17) is 4.74 Å². The summed E-state index contributed by atoms with van der Waals surface area (Å²) in [6.45, 7) is 0.181. The Kier molecular flexibility index (Phi) is 4.44. The first-order valence-electron chi connectivity index (χ1n) is 9.60. The fourth-order valence-corrected chi connectivity index (χ4v) is 3.83. The molecule has 3 aromatic heterocycles. The minimum Gasteiger partial charge on any atom is -0.356 e. The molecule has 1 saturated heterocycles. The molecule has 4 heterocycles. The van der Waals surface area contributed by atoms with Gasteiger partial charge < -0.3 is 15.0 Å². The van der Waals surface area contributed by atoms with Crippen molar-refractivity contribution in [2.45, 2.75) is 37.6 Å². The Morgan fingerprint density at radius 2 is 2.14 bits per heavy atom. The molecule has 148 valence electrons. The van der Waals surface area contributed by atoms with Crippen molar-refractivity contribution < 1.29 is 14.3 Å². The maximum atomic E-state index is 13.1. The quantitative estimate of drug-likeness (QED) is 0.691. The first-order valence-corrected chi connectivity index (χ1v) is 9.60. The van der Waals surface area contributed by atoms with Crippen LogP contribution in [0.2, 0.25) is 0 Å². The van der Waals surface area contributed by atoms with E-state index in [-0.39, 0.29) is 31.0 Å². The largest absolute Gasteiger partial charge is 0.356 e. The summed E-state index contributed by atoms with van der Waals surface area (Å²) in [7, 11) is 0. The number of nitrogens with one attached hydrogen (secondary N) is 1. The average Bonchev–Trinajstić information content (AvgIpc) is 3.47. The van der Waals surface area contributed by atoms with E-state index >= 15 is 0 Å². The Balaban J connectivity index is 1.39. The molecule has 0 bridgehead atoms. The van der Waals surface area contributed by atoms with Gasteiger partial charge in [0.1, 0.15) is 12.9 Å². The highest BCUT2D eigenvalue weighted by atomic mass is 16.5. The van der Waals surface area contributed by atoms with Crippen LogP contribution in [-0.4, -0.2) is 55.0 Å². The second-order valence-corrected chi connectivity index (χ2v) is 7.26. The van der Waals surface area contributed by atoms with Crippen LogP contribution in [0.15, 0.2) is 49.1 Å². The van der Waals surface area contributed by atoms with Gasteiger partial charge in [-0.05, 0) is 36.6 Å². The monoisotopic (exact) mass is 392 g/mol. The lowest BCUT2D eigenvalue weighted by Gasteiger charge is -2.40. The molecule has 1 N–H and O–H groups in total. The van der Waals surface area contributed by atoms with Crippen LogP contribution >= 0.6 is 0 Å². The van der Waals surface area contributed by atoms with Crippen molar-refractivity contribution in [3.63, 3.8) is 0 Å². The average molecular weight is 392 g/mol. The summed E-state index contributed by atoms with van der Waals surface area (Å²) in [6.07, 6.45) is 5.94. The van der Waals surface area contributed by atoms with Gasteiger partial charge in [0.2, 0.25) is 5.91 Å². The Hall–Kier alpha value is -3.33. The number of hydrogen-bond acceptors (Lipinski definition) is 6. The summed E-state index contributed by atoms with van der Waals surface area (Å²) in [4.78, 5) is 35.8. The Morgan fingerprint density at radius 1 is 1.24 bits per heavy atom. The number of carbonyl (C=O) groups is 2. The molecule has 1 aliphatic heterocycles. The highest BCUT2D eigenvalue weighted by Crippen LogP contribution is 2.39. The Labute approximate surface area is 166 Å². The highest BCUT2D eigenvalue weighted by Gasteiger charge is 2.47. The molecule has 0 spiro atoms. The van der Waals surface area contributed by atoms with E-state index in [0.29, 0.717) is 5.65 Å². The minimum atomic E-state index is -0.799. The number of aromatic nitrogens is 4. The molecule has 2 atom stereocenters. The summed E-state index contributed by atoms with van der Waals surface area (Å²) in [5.41, 5.74) is 2.31. The van der Waals surface area contributed by atoms with Gasteiger partial charge in [-0.25, -0.2) is 9.50 Å². The third kappa shape index (κ3) is 3.33. The van der Waals surface area contributed by atoms with Crippen LogP contribution in [0.1, 0.15) is 30.1 Å². The van der Waals surface area contributed by atoms with Gasteiger partial charge in [0.15, 0.2) is 11.8 Å². The van der Waals surface area contributed by atoms with Gasteiger partial charge in [0.25, 0.3) is 5.91 Å². The second-order valence-electron chi connectivity index (χ2n) is 7.26. The molecule has 0 radical (unpaired) electrons. The molecule has 0 aromatic carbocycles. The number of morpholine rings is 1. The summed E-state index contributed by atoms with van der Waals surface area (Å²) >= 11 is 0. The van der Waals surface area contributed by atoms with Crippen molar-refractivity contribution in [3.05, 3.63) is 60.3 Å². The van der Waals surface area contributed by atoms with Crippen LogP contribution in [0.5, 0.6) is 0 Å². The van der Waals surface area contributed by atoms with E-state index in [0.717, 1.165) is 24.1 Å². The molecule has 2 amide bonds. The number of nitrogens with zero attached hydrogens (tertiary/aromatic N) is 5. The van der Waals surface area contributed by atoms with Gasteiger partial charge in [-0.15, -0.1) is 0 Å². The van der Waals surface area contributed by atoms with E-state index in [1.54, 1.807) is 23.0 Å². The molecule has 2 aliphatic rings. The van der Waals surface area contributed by atoms with E-state index in [2.05, 4.69) is 20.4 Å². The normalized spacial score (nSPS) is 22.1. The molecule has 29 heavy (non-hydrogen) atoms. The van der Waals surface area contributed by atoms with Crippen LogP contribution in [0.4, 0.5) is 0 Å². The van der Waals surface area contributed by atoms with Gasteiger partial charge in [-0.2, -0.15) is 5.10 Å². The summed E-state index contributed by atoms with van der Waals surface area (Å²) in [5.74, 6) is -0.355. The zero-order valence-electron chi connectivity index (χ0n) is 15.6. The molecule has 1 saturated carbocycles. The lowest BCUT2D eigenvalue weighted by atomic mass is 9.98. The first-order chi connectivity index (χ1) is 14.2. The third-order valence-corrected chi connectivity index (χ3v) is 5.31. The van der Waals surface area contributed by atoms with Gasteiger partial charge in [0.05, 0.1) is 18.3 Å². The topological polar surface area (TPSA) is 102 Å². The van der Waals surface area contributed by atoms with E-state index in [1.165, 1.54) is 6.33 Å². The van der Waals surface area contributed by atoms with E-state index < -0.39 is 12.1 Å². The predicted octanol–water partition coefficient (Wildman–Crippen LogP) is 0.872. The molecule has 3 aromatic rings. The van der Waals surface area contributed by atoms with Crippen molar-refractivity contribution in [3.8, 4) is 0 Å². The Morgan fingerprint density at radius 3 is 2.93 bits per heavy atom. The molecular weight excluding hydrogens is 372 g/mol. The maximum Gasteiger partial charge on any atom is 0.252 e. The van der Waals surface area contributed by atoms with Crippen molar-refractivity contribution in [1.82, 2.24) is 29.8 Å². The molecule has 5 rings (SSSR count). The lowest BCUT2D eigenvalue weighted by Crippen LogP contribution is -2.55. The fourth-order valence-electron chi connectivity index (χ4n) is 3.83. The number of ether oxygens (including phenoxy) is 1. The zero-order valence-corrected chi connectivity index (χ0v) is 15.6. The highest BCUT2D eigenvalue weighted by molar-refractivity contribution is 5.86. The van der Waals surface area contributed by atoms with Crippen LogP contribution in [0, 0.1) is 0 Å². The predicted molar refractivity (Wildman–Crippen MR) is 101 cm³/mol. The molecule has 1 aliphatic carbocycles. The van der Waals surface area contributed by atoms with E-state index in [9.17, 15) is 9.59 Å². The molecule has 9 nitrogen and oxygen atoms in total. The molecular formula is C20H20N6O3. The number of hydrogen-bond donors (Lipinski definition) is 1. The summed E-state index contributed by atoms with van der Waals surface area (Å²) in [5, 5.41) is 7.12. The van der Waals surface area contributed by atoms with E-state index in [1.807, 2.05) is 29.2 Å². The smallest absolute Gasteiger partial charge is 0.252 e. The standard InChI is InChI=1S/C20H20N6O3/c27-17-11-29-19(18(25(17)14-6-7-14)13-3-2-8-21-9-13)20(28)22-10-15-4-1-5-16-23-12-24-26(15)16/h1-5,8-9,12,14,18-19H,6-7,10-11H2,(H,22,28)/t18-,19+/m1/s1. The van der Waals surface area contributed by atoms with Gasteiger partial charge in [0, 0.05) is 18.4 Å². The number of fused-ring (bicyclic) bond motifs is 1. The zero-order chi connectivity index (χ0) is 19.8. The minimum absolute atomic E-state index is 0.0854. The van der Waals surface area contributed by atoms with Gasteiger partial charge >= 0.3 is 0 Å².